The summed E-state index contributed by atoms with van der Waals surface area (Å²) in [6, 6.07) is 0. The summed E-state index contributed by atoms with van der Waals surface area (Å²) in [6.45, 7) is 4.64. The Morgan fingerprint density at radius 2 is 2.00 bits per heavy atom. The monoisotopic (exact) mass is 248 g/mol. The maximum Gasteiger partial charge on any atom is 0.153 e. The van der Waals surface area contributed by atoms with Crippen LogP contribution < -0.4 is 0 Å². The normalized spacial score (nSPS) is 14.4. The van der Waals surface area contributed by atoms with E-state index in [1.54, 1.807) is 20.1 Å². The van der Waals surface area contributed by atoms with Gasteiger partial charge in [-0.1, -0.05) is 26.0 Å². The van der Waals surface area contributed by atoms with Crippen molar-refractivity contribution >= 4 is 9.84 Å². The van der Waals surface area contributed by atoms with Gasteiger partial charge in [-0.3, -0.25) is 0 Å². The zero-order valence-corrected chi connectivity index (χ0v) is 11.4. The highest BCUT2D eigenvalue weighted by Crippen LogP contribution is 2.08. The molecule has 0 N–H and O–H groups in total. The maximum absolute atomic E-state index is 11.2. The lowest BCUT2D eigenvalue weighted by Crippen LogP contribution is -2.06. The molecule has 0 aliphatic carbocycles. The molecule has 0 saturated carbocycles. The minimum atomic E-state index is -2.84. The smallest absolute Gasteiger partial charge is 0.153 e. The van der Waals surface area contributed by atoms with E-state index in [9.17, 15) is 8.42 Å². The molecule has 0 spiro atoms. The lowest BCUT2D eigenvalue weighted by Gasteiger charge is -2.07. The molecule has 0 aromatic heterocycles. The van der Waals surface area contributed by atoms with Crippen molar-refractivity contribution in [1.29, 1.82) is 0 Å². The second-order valence-electron chi connectivity index (χ2n) is 4.16. The molecule has 3 nitrogen and oxygen atoms in total. The Morgan fingerprint density at radius 3 is 2.56 bits per heavy atom. The van der Waals surface area contributed by atoms with Gasteiger partial charge in [-0.05, 0) is 25.2 Å². The number of sulfone groups is 1. The average molecular weight is 248 g/mol. The summed E-state index contributed by atoms with van der Waals surface area (Å²) >= 11 is 0. The lowest BCUT2D eigenvalue weighted by molar-refractivity contribution is 0.155. The van der Waals surface area contributed by atoms with Gasteiger partial charge in [0, 0.05) is 19.5 Å². The van der Waals surface area contributed by atoms with E-state index in [1.165, 1.54) is 0 Å². The van der Waals surface area contributed by atoms with Gasteiger partial charge in [0.15, 0.2) is 9.84 Å². The number of hydrogen-bond donors (Lipinski definition) is 0. The molecule has 0 aromatic rings. The van der Waals surface area contributed by atoms with Crippen molar-refractivity contribution in [1.82, 2.24) is 0 Å². The number of rotatable bonds is 9. The molecule has 0 rings (SSSR count). The molecule has 0 radical (unpaired) electrons. The van der Waals surface area contributed by atoms with Crippen LogP contribution in [0, 0.1) is 5.92 Å². The Morgan fingerprint density at radius 1 is 1.31 bits per heavy atom. The van der Waals surface area contributed by atoms with Gasteiger partial charge >= 0.3 is 0 Å². The molecule has 0 bridgehead atoms. The molecule has 0 amide bonds. The molecule has 4 heteroatoms. The first-order valence-corrected chi connectivity index (χ1v) is 7.68. The first kappa shape index (κ1) is 15.7. The van der Waals surface area contributed by atoms with E-state index in [0.717, 1.165) is 25.9 Å². The van der Waals surface area contributed by atoms with Crippen LogP contribution >= 0.6 is 0 Å². The highest BCUT2D eigenvalue weighted by atomic mass is 32.2. The zero-order chi connectivity index (χ0) is 12.4. The first-order chi connectivity index (χ1) is 7.52. The van der Waals surface area contributed by atoms with Gasteiger partial charge in [-0.25, -0.2) is 8.42 Å². The molecular formula is C12H24O3S. The Bertz CT molecular complexity index is 281. The maximum atomic E-state index is 11.2. The Kier molecular flexibility index (Phi) is 8.57. The largest absolute Gasteiger partial charge is 0.384 e. The molecule has 0 aromatic carbocycles. The molecule has 96 valence electrons. The summed E-state index contributed by atoms with van der Waals surface area (Å²) in [4.78, 5) is 0. The van der Waals surface area contributed by atoms with E-state index >= 15 is 0 Å². The Hall–Kier alpha value is -0.350. The van der Waals surface area contributed by atoms with Crippen LogP contribution in [0.3, 0.4) is 0 Å². The van der Waals surface area contributed by atoms with Crippen LogP contribution in [0.5, 0.6) is 0 Å². The van der Waals surface area contributed by atoms with Gasteiger partial charge in [0.2, 0.25) is 0 Å². The zero-order valence-electron chi connectivity index (χ0n) is 10.6. The van der Waals surface area contributed by atoms with Gasteiger partial charge in [-0.2, -0.15) is 0 Å². The third-order valence-corrected chi connectivity index (χ3v) is 4.06. The van der Waals surface area contributed by atoms with Crippen LogP contribution in [0.1, 0.15) is 33.1 Å². The van der Waals surface area contributed by atoms with E-state index < -0.39 is 9.84 Å². The van der Waals surface area contributed by atoms with Crippen LogP contribution in [0.4, 0.5) is 0 Å². The fraction of sp³-hybridized carbons (Fsp3) is 0.833. The van der Waals surface area contributed by atoms with Crippen molar-refractivity contribution < 1.29 is 13.2 Å². The summed E-state index contributed by atoms with van der Waals surface area (Å²) in [6.07, 6.45) is 6.89. The van der Waals surface area contributed by atoms with Crippen LogP contribution in [0.25, 0.3) is 0 Å². The lowest BCUT2D eigenvalue weighted by atomic mass is 10.1. The van der Waals surface area contributed by atoms with Crippen molar-refractivity contribution in [2.24, 2.45) is 5.92 Å². The second-order valence-corrected chi connectivity index (χ2v) is 6.56. The molecule has 0 aliphatic rings. The quantitative estimate of drug-likeness (QED) is 0.465. The highest BCUT2D eigenvalue weighted by molar-refractivity contribution is 7.91. The predicted molar refractivity (Wildman–Crippen MR) is 68.4 cm³/mol. The van der Waals surface area contributed by atoms with Gasteiger partial charge in [0.1, 0.15) is 0 Å². The number of unbranched alkanes of at least 4 members (excludes halogenated alkanes) is 1. The van der Waals surface area contributed by atoms with E-state index in [-0.39, 0.29) is 11.5 Å². The van der Waals surface area contributed by atoms with Crippen molar-refractivity contribution in [2.75, 3.05) is 25.2 Å². The van der Waals surface area contributed by atoms with Crippen molar-refractivity contribution in [2.45, 2.75) is 33.1 Å². The molecule has 0 saturated heterocycles. The van der Waals surface area contributed by atoms with Crippen LogP contribution in [0.15, 0.2) is 12.2 Å². The van der Waals surface area contributed by atoms with E-state index in [1.807, 2.05) is 6.08 Å². The molecule has 0 fully saturated rings. The van der Waals surface area contributed by atoms with E-state index in [4.69, 9.17) is 4.74 Å². The van der Waals surface area contributed by atoms with Crippen molar-refractivity contribution in [3.8, 4) is 0 Å². The third kappa shape index (κ3) is 8.92. The van der Waals surface area contributed by atoms with Crippen LogP contribution in [-0.2, 0) is 14.6 Å². The summed E-state index contributed by atoms with van der Waals surface area (Å²) in [7, 11) is -1.12. The first-order valence-electron chi connectivity index (χ1n) is 5.86. The third-order valence-electron chi connectivity index (χ3n) is 2.48. The Balaban J connectivity index is 3.56. The average Bonchev–Trinajstić information content (AvgIpc) is 2.23. The number of allylic oxidation sites excluding steroid dienone is 1. The van der Waals surface area contributed by atoms with Crippen LogP contribution in [-0.4, -0.2) is 33.6 Å². The number of methoxy groups -OCH3 is 1. The summed E-state index contributed by atoms with van der Waals surface area (Å²) in [5.74, 6) is 0.983. The molecular weight excluding hydrogens is 224 g/mol. The summed E-state index contributed by atoms with van der Waals surface area (Å²) in [5.41, 5.74) is 0. The fourth-order valence-electron chi connectivity index (χ4n) is 1.40. The molecule has 16 heavy (non-hydrogen) atoms. The van der Waals surface area contributed by atoms with Crippen molar-refractivity contribution in [3.05, 3.63) is 12.2 Å². The minimum absolute atomic E-state index is 0.178. The topological polar surface area (TPSA) is 43.4 Å². The predicted octanol–water partition coefficient (Wildman–Crippen LogP) is 2.43. The minimum Gasteiger partial charge on any atom is -0.384 e. The second kappa shape index (κ2) is 8.76. The van der Waals surface area contributed by atoms with Crippen molar-refractivity contribution in [3.63, 3.8) is 0 Å². The van der Waals surface area contributed by atoms with E-state index in [0.29, 0.717) is 5.92 Å². The van der Waals surface area contributed by atoms with Gasteiger partial charge in [-0.15, -0.1) is 0 Å². The number of hydrogen-bond acceptors (Lipinski definition) is 3. The molecule has 1 atom stereocenters. The highest BCUT2D eigenvalue weighted by Gasteiger charge is 2.03. The summed E-state index contributed by atoms with van der Waals surface area (Å²) < 4.78 is 27.4. The van der Waals surface area contributed by atoms with Gasteiger partial charge < -0.3 is 4.74 Å². The Labute approximate surface area is 99.8 Å². The fourth-order valence-corrected chi connectivity index (χ4v) is 2.07. The standard InChI is InChI=1S/C12H24O3S/c1-4-16(13,14)10-8-6-5-7-9-12(2)11-15-3/h6,8,12H,4-5,7,9-11H2,1-3H3/b8-6-. The molecule has 0 heterocycles. The van der Waals surface area contributed by atoms with Crippen LogP contribution in [0.2, 0.25) is 0 Å². The van der Waals surface area contributed by atoms with Gasteiger partial charge in [0.25, 0.3) is 0 Å². The number of ether oxygens (including phenoxy) is 1. The SMILES string of the molecule is CCS(=O)(=O)C/C=C\CCCC(C)COC. The molecule has 0 aliphatic heterocycles. The van der Waals surface area contributed by atoms with Gasteiger partial charge in [0.05, 0.1) is 5.75 Å². The molecule has 1 unspecified atom stereocenters. The van der Waals surface area contributed by atoms with E-state index in [2.05, 4.69) is 6.92 Å². The summed E-state index contributed by atoms with van der Waals surface area (Å²) in [5, 5.41) is 0.